The summed E-state index contributed by atoms with van der Waals surface area (Å²) in [6.45, 7) is 2.18. The van der Waals surface area contributed by atoms with Crippen LogP contribution in [0.25, 0.3) is 15.9 Å². The minimum Gasteiger partial charge on any atom is -0.347 e. The average molecular weight is 489 g/mol. The number of aryl methyl sites for hydroxylation is 1. The van der Waals surface area contributed by atoms with E-state index in [0.29, 0.717) is 9.90 Å². The number of nitrogens with one attached hydrogen (secondary N) is 1. The minimum absolute atomic E-state index is 0.207. The normalized spacial score (nSPS) is 11.9. The summed E-state index contributed by atoms with van der Waals surface area (Å²) in [7, 11) is -0.506. The molecule has 7 nitrogen and oxygen atoms in total. The van der Waals surface area contributed by atoms with Crippen molar-refractivity contribution in [3.63, 3.8) is 0 Å². The number of para-hydroxylation sites is 1. The van der Waals surface area contributed by atoms with Gasteiger partial charge in [0.1, 0.15) is 4.83 Å². The molecule has 166 valence electrons. The Kier molecular flexibility index (Phi) is 6.09. The van der Waals surface area contributed by atoms with E-state index in [-0.39, 0.29) is 17.3 Å². The topological polar surface area (TPSA) is 84.3 Å². The Bertz CT molecular complexity index is 1410. The van der Waals surface area contributed by atoms with Crippen LogP contribution in [0.3, 0.4) is 0 Å². The number of aromatic nitrogens is 2. The summed E-state index contributed by atoms with van der Waals surface area (Å²) >= 11 is 7.68. The molecule has 10 heteroatoms. The second-order valence-corrected chi connectivity index (χ2v) is 11.0. The van der Waals surface area contributed by atoms with Gasteiger partial charge in [-0.2, -0.15) is 5.10 Å². The first-order valence-corrected chi connectivity index (χ1v) is 12.4. The quantitative estimate of drug-likeness (QED) is 0.440. The molecule has 0 fully saturated rings. The molecular weight excluding hydrogens is 468 g/mol. The molecule has 2 aromatic carbocycles. The van der Waals surface area contributed by atoms with E-state index in [9.17, 15) is 13.2 Å². The Morgan fingerprint density at radius 3 is 2.50 bits per heavy atom. The van der Waals surface area contributed by atoms with Crippen molar-refractivity contribution in [2.24, 2.45) is 0 Å². The maximum atomic E-state index is 12.8. The minimum atomic E-state index is -3.48. The Morgan fingerprint density at radius 1 is 1.16 bits per heavy atom. The number of carbonyl (C=O) groups excluding carboxylic acids is 1. The number of nitrogens with zero attached hydrogens (tertiary/aromatic N) is 3. The second-order valence-electron chi connectivity index (χ2n) is 7.39. The highest BCUT2D eigenvalue weighted by atomic mass is 35.5. The van der Waals surface area contributed by atoms with Gasteiger partial charge >= 0.3 is 0 Å². The largest absolute Gasteiger partial charge is 0.347 e. The highest BCUT2D eigenvalue weighted by Gasteiger charge is 2.19. The van der Waals surface area contributed by atoms with Gasteiger partial charge in [-0.3, -0.25) is 4.79 Å². The molecule has 0 aliphatic heterocycles. The number of halogens is 1. The molecule has 1 amide bonds. The Balaban J connectivity index is 1.53. The molecule has 0 saturated heterocycles. The summed E-state index contributed by atoms with van der Waals surface area (Å²) in [4.78, 5) is 14.4. The number of hydrogen-bond acceptors (Lipinski definition) is 5. The molecule has 4 rings (SSSR count). The molecule has 0 atom stereocenters. The van der Waals surface area contributed by atoms with Crippen LogP contribution in [-0.2, 0) is 16.6 Å². The molecular formula is C22H21ClN4O3S2. The van der Waals surface area contributed by atoms with Gasteiger partial charge in [-0.15, -0.1) is 11.3 Å². The van der Waals surface area contributed by atoms with E-state index in [1.54, 1.807) is 22.9 Å². The Hall–Kier alpha value is -2.72. The van der Waals surface area contributed by atoms with Gasteiger partial charge in [-0.05, 0) is 42.8 Å². The second kappa shape index (κ2) is 8.67. The third kappa shape index (κ3) is 4.16. The van der Waals surface area contributed by atoms with Crippen LogP contribution < -0.4 is 5.32 Å². The van der Waals surface area contributed by atoms with Gasteiger partial charge in [0, 0.05) is 26.0 Å². The van der Waals surface area contributed by atoms with E-state index < -0.39 is 10.0 Å². The highest BCUT2D eigenvalue weighted by Crippen LogP contribution is 2.32. The molecule has 0 spiro atoms. The third-order valence-electron chi connectivity index (χ3n) is 5.00. The van der Waals surface area contributed by atoms with Crippen LogP contribution in [-0.4, -0.2) is 42.5 Å². The van der Waals surface area contributed by atoms with Gasteiger partial charge in [0.2, 0.25) is 10.0 Å². The van der Waals surface area contributed by atoms with E-state index in [2.05, 4.69) is 10.4 Å². The molecule has 0 aliphatic carbocycles. The lowest BCUT2D eigenvalue weighted by Crippen LogP contribution is -2.23. The van der Waals surface area contributed by atoms with Crippen LogP contribution >= 0.6 is 22.9 Å². The summed E-state index contributed by atoms with van der Waals surface area (Å²) in [5.41, 5.74) is 2.37. The summed E-state index contributed by atoms with van der Waals surface area (Å²) in [6.07, 6.45) is 0. The van der Waals surface area contributed by atoms with E-state index >= 15 is 0 Å². The van der Waals surface area contributed by atoms with Crippen molar-refractivity contribution in [3.05, 3.63) is 75.8 Å². The Labute approximate surface area is 195 Å². The predicted molar refractivity (Wildman–Crippen MR) is 127 cm³/mol. The van der Waals surface area contributed by atoms with Crippen LogP contribution in [0.5, 0.6) is 0 Å². The predicted octanol–water partition coefficient (Wildman–Crippen LogP) is 4.23. The van der Waals surface area contributed by atoms with E-state index in [1.165, 1.54) is 37.6 Å². The van der Waals surface area contributed by atoms with Gasteiger partial charge in [0.05, 0.1) is 26.2 Å². The molecule has 0 bridgehead atoms. The SMILES string of the molecule is Cc1nn(-c2ccccc2Cl)c2sc(C(=O)NCc3ccc(S(=O)(=O)N(C)C)cc3)cc12. The molecule has 0 saturated carbocycles. The fourth-order valence-electron chi connectivity index (χ4n) is 3.21. The smallest absolute Gasteiger partial charge is 0.261 e. The zero-order valence-electron chi connectivity index (χ0n) is 17.7. The molecule has 1 N–H and O–H groups in total. The number of carbonyl (C=O) groups is 1. The lowest BCUT2D eigenvalue weighted by Gasteiger charge is -2.11. The van der Waals surface area contributed by atoms with E-state index in [1.807, 2.05) is 31.2 Å². The van der Waals surface area contributed by atoms with Gasteiger partial charge < -0.3 is 5.32 Å². The van der Waals surface area contributed by atoms with Crippen molar-refractivity contribution in [2.45, 2.75) is 18.4 Å². The van der Waals surface area contributed by atoms with E-state index in [0.717, 1.165) is 31.5 Å². The molecule has 2 heterocycles. The number of amides is 1. The average Bonchev–Trinajstić information content (AvgIpc) is 3.33. The number of fused-ring (bicyclic) bond motifs is 1. The maximum absolute atomic E-state index is 12.8. The molecule has 0 aliphatic rings. The van der Waals surface area contributed by atoms with E-state index in [4.69, 9.17) is 11.6 Å². The summed E-state index contributed by atoms with van der Waals surface area (Å²) in [5, 5.41) is 8.95. The summed E-state index contributed by atoms with van der Waals surface area (Å²) < 4.78 is 27.3. The number of sulfonamides is 1. The number of hydrogen-bond donors (Lipinski definition) is 1. The highest BCUT2D eigenvalue weighted by molar-refractivity contribution is 7.89. The van der Waals surface area contributed by atoms with Crippen LogP contribution in [0.4, 0.5) is 0 Å². The van der Waals surface area contributed by atoms with Crippen LogP contribution in [0.2, 0.25) is 5.02 Å². The van der Waals surface area contributed by atoms with Gasteiger partial charge in [0.25, 0.3) is 5.91 Å². The number of benzene rings is 2. The fraction of sp³-hybridized carbons (Fsp3) is 0.182. The van der Waals surface area contributed by atoms with Crippen LogP contribution in [0, 0.1) is 6.92 Å². The zero-order valence-corrected chi connectivity index (χ0v) is 20.1. The van der Waals surface area contributed by atoms with Crippen molar-refractivity contribution < 1.29 is 13.2 Å². The number of rotatable bonds is 6. The zero-order chi connectivity index (χ0) is 23.0. The third-order valence-corrected chi connectivity index (χ3v) is 8.26. The lowest BCUT2D eigenvalue weighted by molar-refractivity contribution is 0.0955. The van der Waals surface area contributed by atoms with Crippen molar-refractivity contribution in [1.29, 1.82) is 0 Å². The molecule has 0 unspecified atom stereocenters. The van der Waals surface area contributed by atoms with Crippen molar-refractivity contribution in [3.8, 4) is 5.69 Å². The van der Waals surface area contributed by atoms with Crippen molar-refractivity contribution >= 4 is 49.1 Å². The first-order chi connectivity index (χ1) is 15.2. The van der Waals surface area contributed by atoms with Crippen LogP contribution in [0.15, 0.2) is 59.5 Å². The first-order valence-electron chi connectivity index (χ1n) is 9.72. The van der Waals surface area contributed by atoms with Crippen molar-refractivity contribution in [2.75, 3.05) is 14.1 Å². The maximum Gasteiger partial charge on any atom is 0.261 e. The molecule has 2 aromatic heterocycles. The lowest BCUT2D eigenvalue weighted by atomic mass is 10.2. The summed E-state index contributed by atoms with van der Waals surface area (Å²) in [6, 6.07) is 15.7. The standard InChI is InChI=1S/C22H21ClN4O3S2/c1-14-17-12-20(31-22(17)27(25-14)19-7-5-4-6-18(19)23)21(28)24-13-15-8-10-16(11-9-15)32(29,30)26(2)3/h4-12H,13H2,1-3H3,(H,24,28). The van der Waals surface area contributed by atoms with Gasteiger partial charge in [-0.1, -0.05) is 35.9 Å². The fourth-order valence-corrected chi connectivity index (χ4v) is 5.42. The monoisotopic (exact) mass is 488 g/mol. The number of thiophene rings is 1. The Morgan fingerprint density at radius 2 is 1.84 bits per heavy atom. The van der Waals surface area contributed by atoms with Crippen molar-refractivity contribution in [1.82, 2.24) is 19.4 Å². The van der Waals surface area contributed by atoms with Gasteiger partial charge in [0.15, 0.2) is 0 Å². The van der Waals surface area contributed by atoms with Crippen LogP contribution in [0.1, 0.15) is 20.9 Å². The molecule has 32 heavy (non-hydrogen) atoms. The molecule has 0 radical (unpaired) electrons. The molecule has 4 aromatic rings. The first kappa shape index (κ1) is 22.5. The summed E-state index contributed by atoms with van der Waals surface area (Å²) in [5.74, 6) is -0.207. The van der Waals surface area contributed by atoms with Gasteiger partial charge in [-0.25, -0.2) is 17.4 Å².